The van der Waals surface area contributed by atoms with Crippen LogP contribution in [0.1, 0.15) is 22.8 Å². The van der Waals surface area contributed by atoms with Crippen molar-refractivity contribution in [3.8, 4) is 0 Å². The van der Waals surface area contributed by atoms with E-state index in [1.165, 1.54) is 18.2 Å². The number of amides is 1. The summed E-state index contributed by atoms with van der Waals surface area (Å²) in [5.41, 5.74) is 1.11. The maximum atomic E-state index is 13.0. The molecular weight excluding hydrogens is 365 g/mol. The molecule has 0 bridgehead atoms. The van der Waals surface area contributed by atoms with Crippen LogP contribution in [0.3, 0.4) is 0 Å². The Balaban J connectivity index is 1.89. The van der Waals surface area contributed by atoms with Gasteiger partial charge in [-0.05, 0) is 31.2 Å². The van der Waals surface area contributed by atoms with Crippen molar-refractivity contribution >= 4 is 27.8 Å². The van der Waals surface area contributed by atoms with Crippen molar-refractivity contribution in [2.45, 2.75) is 19.6 Å². The minimum Gasteiger partial charge on any atom is -0.459 e. The molecule has 0 saturated heterocycles. The number of esters is 1. The van der Waals surface area contributed by atoms with Crippen LogP contribution in [-0.4, -0.2) is 17.9 Å². The molecule has 4 nitrogen and oxygen atoms in total. The zero-order chi connectivity index (χ0) is 16.8. The first-order valence-electron chi connectivity index (χ1n) is 6.94. The maximum absolute atomic E-state index is 13.0. The molecule has 2 rings (SSSR count). The molecule has 0 unspecified atom stereocenters. The maximum Gasteiger partial charge on any atom is 0.328 e. The second-order valence-electron chi connectivity index (χ2n) is 4.90. The van der Waals surface area contributed by atoms with Gasteiger partial charge in [-0.3, -0.25) is 4.79 Å². The molecule has 1 N–H and O–H groups in total. The summed E-state index contributed by atoms with van der Waals surface area (Å²) in [6, 6.07) is 11.9. The summed E-state index contributed by atoms with van der Waals surface area (Å²) in [6.07, 6.45) is 0. The van der Waals surface area contributed by atoms with Crippen LogP contribution in [-0.2, 0) is 16.1 Å². The Bertz CT molecular complexity index is 706. The predicted octanol–water partition coefficient (Wildman–Crippen LogP) is 3.45. The van der Waals surface area contributed by atoms with E-state index in [9.17, 15) is 14.0 Å². The van der Waals surface area contributed by atoms with Crippen molar-refractivity contribution in [1.29, 1.82) is 0 Å². The molecule has 0 aliphatic heterocycles. The van der Waals surface area contributed by atoms with Crippen LogP contribution in [0, 0.1) is 5.82 Å². The minimum absolute atomic E-state index is 0.00869. The van der Waals surface area contributed by atoms with Gasteiger partial charge in [-0.15, -0.1) is 0 Å². The lowest BCUT2D eigenvalue weighted by Crippen LogP contribution is -2.39. The van der Waals surface area contributed by atoms with Gasteiger partial charge in [0, 0.05) is 15.6 Å². The van der Waals surface area contributed by atoms with E-state index in [1.54, 1.807) is 37.3 Å². The van der Waals surface area contributed by atoms with Gasteiger partial charge in [0.2, 0.25) is 0 Å². The summed E-state index contributed by atoms with van der Waals surface area (Å²) in [4.78, 5) is 23.9. The van der Waals surface area contributed by atoms with Crippen molar-refractivity contribution < 1.29 is 18.7 Å². The molecule has 1 amide bonds. The average Bonchev–Trinajstić information content (AvgIpc) is 2.54. The molecule has 0 spiro atoms. The Morgan fingerprint density at radius 2 is 1.91 bits per heavy atom. The summed E-state index contributed by atoms with van der Waals surface area (Å²) < 4.78 is 18.7. The fraction of sp³-hybridized carbons (Fsp3) is 0.176. The Hall–Kier alpha value is -2.21. The monoisotopic (exact) mass is 379 g/mol. The molecule has 0 aliphatic rings. The highest BCUT2D eigenvalue weighted by Crippen LogP contribution is 2.19. The standard InChI is InChI=1S/C17H15BrFNO3/c1-11(20-16(21)12-5-3-2-4-6-12)17(22)23-10-13-7-8-14(19)9-15(13)18/h2-9,11H,10H2,1H3,(H,20,21)/t11-/m0/s1. The molecule has 0 saturated carbocycles. The number of ether oxygens (including phenoxy) is 1. The second kappa shape index (κ2) is 7.87. The number of hydrogen-bond acceptors (Lipinski definition) is 3. The van der Waals surface area contributed by atoms with Gasteiger partial charge < -0.3 is 10.1 Å². The number of halogens is 2. The van der Waals surface area contributed by atoms with Gasteiger partial charge in [-0.25, -0.2) is 9.18 Å². The zero-order valence-corrected chi connectivity index (χ0v) is 14.0. The summed E-state index contributed by atoms with van der Waals surface area (Å²) in [5, 5.41) is 2.57. The molecule has 23 heavy (non-hydrogen) atoms. The molecule has 6 heteroatoms. The van der Waals surface area contributed by atoms with Crippen LogP contribution in [0.25, 0.3) is 0 Å². The van der Waals surface area contributed by atoms with Crippen LogP contribution < -0.4 is 5.32 Å². The van der Waals surface area contributed by atoms with Gasteiger partial charge >= 0.3 is 5.97 Å². The third-order valence-electron chi connectivity index (χ3n) is 3.12. The first kappa shape index (κ1) is 17.1. The van der Waals surface area contributed by atoms with Crippen LogP contribution in [0.2, 0.25) is 0 Å². The third kappa shape index (κ3) is 4.89. The number of benzene rings is 2. The normalized spacial score (nSPS) is 11.6. The molecular formula is C17H15BrFNO3. The van der Waals surface area contributed by atoms with E-state index in [4.69, 9.17) is 4.74 Å². The molecule has 0 aliphatic carbocycles. The van der Waals surface area contributed by atoms with E-state index in [0.717, 1.165) is 0 Å². The minimum atomic E-state index is -0.790. The molecule has 0 radical (unpaired) electrons. The van der Waals surface area contributed by atoms with E-state index in [-0.39, 0.29) is 18.3 Å². The zero-order valence-electron chi connectivity index (χ0n) is 12.4. The van der Waals surface area contributed by atoms with Gasteiger partial charge in [-0.1, -0.05) is 40.2 Å². The average molecular weight is 380 g/mol. The summed E-state index contributed by atoms with van der Waals surface area (Å²) in [5.74, 6) is -1.29. The summed E-state index contributed by atoms with van der Waals surface area (Å²) in [7, 11) is 0. The van der Waals surface area contributed by atoms with Gasteiger partial charge in [0.1, 0.15) is 18.5 Å². The number of rotatable bonds is 5. The number of carbonyl (C=O) groups is 2. The molecule has 2 aromatic rings. The van der Waals surface area contributed by atoms with Crippen LogP contribution in [0.4, 0.5) is 4.39 Å². The number of nitrogens with one attached hydrogen (secondary N) is 1. The van der Waals surface area contributed by atoms with E-state index in [0.29, 0.717) is 15.6 Å². The largest absolute Gasteiger partial charge is 0.459 e. The summed E-state index contributed by atoms with van der Waals surface area (Å²) >= 11 is 3.20. The highest BCUT2D eigenvalue weighted by atomic mass is 79.9. The lowest BCUT2D eigenvalue weighted by Gasteiger charge is -2.14. The van der Waals surface area contributed by atoms with Crippen molar-refractivity contribution in [3.63, 3.8) is 0 Å². The van der Waals surface area contributed by atoms with Gasteiger partial charge in [0.05, 0.1) is 0 Å². The fourth-order valence-corrected chi connectivity index (χ4v) is 2.31. The Morgan fingerprint density at radius 1 is 1.22 bits per heavy atom. The van der Waals surface area contributed by atoms with Gasteiger partial charge in [0.15, 0.2) is 0 Å². The van der Waals surface area contributed by atoms with Crippen LogP contribution in [0.5, 0.6) is 0 Å². The van der Waals surface area contributed by atoms with Crippen LogP contribution in [0.15, 0.2) is 53.0 Å². The smallest absolute Gasteiger partial charge is 0.328 e. The topological polar surface area (TPSA) is 55.4 Å². The van der Waals surface area contributed by atoms with Crippen molar-refractivity contribution in [2.24, 2.45) is 0 Å². The molecule has 1 atom stereocenters. The first-order valence-corrected chi connectivity index (χ1v) is 7.73. The van der Waals surface area contributed by atoms with E-state index in [2.05, 4.69) is 21.2 Å². The third-order valence-corrected chi connectivity index (χ3v) is 3.86. The lowest BCUT2D eigenvalue weighted by atomic mass is 10.2. The van der Waals surface area contributed by atoms with E-state index in [1.807, 2.05) is 0 Å². The van der Waals surface area contributed by atoms with Crippen molar-refractivity contribution in [3.05, 3.63) is 69.9 Å². The number of carbonyl (C=O) groups excluding carboxylic acids is 2. The quantitative estimate of drug-likeness (QED) is 0.809. The Kier molecular flexibility index (Phi) is 5.87. The van der Waals surface area contributed by atoms with Crippen molar-refractivity contribution in [1.82, 2.24) is 5.32 Å². The lowest BCUT2D eigenvalue weighted by molar-refractivity contribution is -0.146. The SMILES string of the molecule is C[C@H](NC(=O)c1ccccc1)C(=O)OCc1ccc(F)cc1Br. The molecule has 120 valence electrons. The fourth-order valence-electron chi connectivity index (χ4n) is 1.84. The summed E-state index contributed by atoms with van der Waals surface area (Å²) in [6.45, 7) is 1.54. The van der Waals surface area contributed by atoms with Crippen molar-refractivity contribution in [2.75, 3.05) is 0 Å². The molecule has 0 heterocycles. The molecule has 0 aromatic heterocycles. The predicted molar refractivity (Wildman–Crippen MR) is 87.3 cm³/mol. The molecule has 0 fully saturated rings. The highest BCUT2D eigenvalue weighted by molar-refractivity contribution is 9.10. The van der Waals surface area contributed by atoms with Gasteiger partial charge in [0.25, 0.3) is 5.91 Å². The Morgan fingerprint density at radius 3 is 2.57 bits per heavy atom. The number of hydrogen-bond donors (Lipinski definition) is 1. The van der Waals surface area contributed by atoms with E-state index < -0.39 is 12.0 Å². The van der Waals surface area contributed by atoms with Crippen LogP contribution >= 0.6 is 15.9 Å². The first-order chi connectivity index (χ1) is 11.0. The Labute approximate surface area is 141 Å². The van der Waals surface area contributed by atoms with Gasteiger partial charge in [-0.2, -0.15) is 0 Å². The highest BCUT2D eigenvalue weighted by Gasteiger charge is 2.18. The molecule has 2 aromatic carbocycles. The second-order valence-corrected chi connectivity index (χ2v) is 5.76. The van der Waals surface area contributed by atoms with E-state index >= 15 is 0 Å².